The van der Waals surface area contributed by atoms with Gasteiger partial charge in [-0.05, 0) is 43.8 Å². The number of imidazole rings is 1. The number of carbonyl (C=O) groups is 1. The van der Waals surface area contributed by atoms with Gasteiger partial charge in [0, 0.05) is 19.5 Å². The Balaban J connectivity index is 1.67. The lowest BCUT2D eigenvalue weighted by Gasteiger charge is -2.17. The number of aromatic carboxylic acids is 1. The highest BCUT2D eigenvalue weighted by Gasteiger charge is 2.12. The van der Waals surface area contributed by atoms with Crippen LogP contribution in [0.15, 0.2) is 48.5 Å². The van der Waals surface area contributed by atoms with Crippen LogP contribution in [0.2, 0.25) is 0 Å². The van der Waals surface area contributed by atoms with Crippen LogP contribution in [0.25, 0.3) is 11.0 Å². The fourth-order valence-corrected chi connectivity index (χ4v) is 3.31. The molecule has 0 radical (unpaired) electrons. The molecular weight excluding hydrogens is 326 g/mol. The first kappa shape index (κ1) is 18.1. The van der Waals surface area contributed by atoms with E-state index in [-0.39, 0.29) is 5.56 Å². The molecule has 0 unspecified atom stereocenters. The second kappa shape index (κ2) is 8.15. The Kier molecular flexibility index (Phi) is 5.68. The van der Waals surface area contributed by atoms with Crippen molar-refractivity contribution in [3.8, 4) is 0 Å². The third kappa shape index (κ3) is 4.11. The number of aryl methyl sites for hydroxylation is 2. The summed E-state index contributed by atoms with van der Waals surface area (Å²) in [4.78, 5) is 18.1. The summed E-state index contributed by atoms with van der Waals surface area (Å²) in [5, 5.41) is 9.16. The summed E-state index contributed by atoms with van der Waals surface area (Å²) in [6, 6.07) is 15.7. The van der Waals surface area contributed by atoms with Gasteiger partial charge in [0.2, 0.25) is 0 Å². The van der Waals surface area contributed by atoms with Crippen LogP contribution in [0.4, 0.5) is 0 Å². The van der Waals surface area contributed by atoms with Crippen LogP contribution in [0.1, 0.15) is 35.1 Å². The van der Waals surface area contributed by atoms with Gasteiger partial charge < -0.3 is 14.6 Å². The monoisotopic (exact) mass is 351 g/mol. The second-order valence-electron chi connectivity index (χ2n) is 6.62. The van der Waals surface area contributed by atoms with Crippen molar-refractivity contribution in [3.63, 3.8) is 0 Å². The summed E-state index contributed by atoms with van der Waals surface area (Å²) in [6.45, 7) is 4.89. The molecule has 0 aliphatic carbocycles. The van der Waals surface area contributed by atoms with E-state index in [1.54, 1.807) is 12.1 Å². The Morgan fingerprint density at radius 3 is 2.65 bits per heavy atom. The first-order chi connectivity index (χ1) is 12.6. The van der Waals surface area contributed by atoms with E-state index in [0.717, 1.165) is 49.3 Å². The van der Waals surface area contributed by atoms with Crippen molar-refractivity contribution in [1.82, 2.24) is 14.5 Å². The van der Waals surface area contributed by atoms with Crippen molar-refractivity contribution in [2.24, 2.45) is 0 Å². The fourth-order valence-electron chi connectivity index (χ4n) is 3.31. The number of aromatic nitrogens is 2. The molecule has 0 fully saturated rings. The molecule has 0 saturated carbocycles. The van der Waals surface area contributed by atoms with Crippen LogP contribution >= 0.6 is 0 Å². The van der Waals surface area contributed by atoms with Gasteiger partial charge in [0.05, 0.1) is 16.6 Å². The van der Waals surface area contributed by atoms with Crippen LogP contribution in [0.3, 0.4) is 0 Å². The Labute approximate surface area is 153 Å². The van der Waals surface area contributed by atoms with Crippen molar-refractivity contribution in [2.45, 2.75) is 32.9 Å². The van der Waals surface area contributed by atoms with Gasteiger partial charge in [-0.2, -0.15) is 0 Å². The Hall–Kier alpha value is -2.66. The van der Waals surface area contributed by atoms with Crippen molar-refractivity contribution in [3.05, 3.63) is 65.5 Å². The third-order valence-corrected chi connectivity index (χ3v) is 4.61. The number of hydrogen-bond donors (Lipinski definition) is 1. The molecule has 0 aliphatic heterocycles. The standard InChI is InChI=1S/C21H25N3O2/c1-3-20-22-18-14-17(21(25)26)10-11-19(18)24(20)13-7-12-23(2)15-16-8-5-4-6-9-16/h4-6,8-11,14H,3,7,12-13,15H2,1-2H3,(H,25,26). The Bertz CT molecular complexity index is 887. The summed E-state index contributed by atoms with van der Waals surface area (Å²) in [6.07, 6.45) is 1.85. The lowest BCUT2D eigenvalue weighted by molar-refractivity contribution is 0.0697. The summed E-state index contributed by atoms with van der Waals surface area (Å²) < 4.78 is 2.22. The molecule has 1 heterocycles. The summed E-state index contributed by atoms with van der Waals surface area (Å²) in [5.41, 5.74) is 3.38. The summed E-state index contributed by atoms with van der Waals surface area (Å²) in [7, 11) is 2.14. The number of fused-ring (bicyclic) bond motifs is 1. The zero-order valence-corrected chi connectivity index (χ0v) is 15.4. The van der Waals surface area contributed by atoms with Gasteiger partial charge in [0.15, 0.2) is 0 Å². The number of carboxylic acid groups (broad SMARTS) is 1. The molecule has 5 nitrogen and oxygen atoms in total. The van der Waals surface area contributed by atoms with E-state index in [2.05, 4.69) is 52.7 Å². The van der Waals surface area contributed by atoms with Gasteiger partial charge in [0.1, 0.15) is 5.82 Å². The zero-order chi connectivity index (χ0) is 18.5. The SMILES string of the molecule is CCc1nc2cc(C(=O)O)ccc2n1CCCN(C)Cc1ccccc1. The maximum Gasteiger partial charge on any atom is 0.335 e. The van der Waals surface area contributed by atoms with E-state index in [4.69, 9.17) is 5.11 Å². The van der Waals surface area contributed by atoms with Crippen LogP contribution in [0, 0.1) is 0 Å². The molecule has 0 aliphatic rings. The molecule has 0 bridgehead atoms. The van der Waals surface area contributed by atoms with E-state index in [9.17, 15) is 4.79 Å². The minimum Gasteiger partial charge on any atom is -0.478 e. The van der Waals surface area contributed by atoms with Crippen molar-refractivity contribution in [1.29, 1.82) is 0 Å². The minimum atomic E-state index is -0.915. The molecule has 3 aromatic rings. The number of hydrogen-bond acceptors (Lipinski definition) is 3. The lowest BCUT2D eigenvalue weighted by atomic mass is 10.2. The quantitative estimate of drug-likeness (QED) is 0.670. The largest absolute Gasteiger partial charge is 0.478 e. The molecule has 1 aromatic heterocycles. The Morgan fingerprint density at radius 1 is 1.19 bits per heavy atom. The van der Waals surface area contributed by atoms with E-state index >= 15 is 0 Å². The fraction of sp³-hybridized carbons (Fsp3) is 0.333. The second-order valence-corrected chi connectivity index (χ2v) is 6.62. The molecule has 0 spiro atoms. The zero-order valence-electron chi connectivity index (χ0n) is 15.4. The predicted molar refractivity (Wildman–Crippen MR) is 103 cm³/mol. The Morgan fingerprint density at radius 2 is 1.96 bits per heavy atom. The van der Waals surface area contributed by atoms with Crippen LogP contribution in [-0.2, 0) is 19.5 Å². The van der Waals surface area contributed by atoms with Gasteiger partial charge >= 0.3 is 5.97 Å². The maximum absolute atomic E-state index is 11.2. The minimum absolute atomic E-state index is 0.285. The lowest BCUT2D eigenvalue weighted by Crippen LogP contribution is -2.20. The van der Waals surface area contributed by atoms with Gasteiger partial charge in [-0.3, -0.25) is 0 Å². The topological polar surface area (TPSA) is 58.4 Å². The first-order valence-electron chi connectivity index (χ1n) is 9.03. The summed E-state index contributed by atoms with van der Waals surface area (Å²) >= 11 is 0. The first-order valence-corrected chi connectivity index (χ1v) is 9.03. The van der Waals surface area contributed by atoms with Crippen LogP contribution in [-0.4, -0.2) is 39.1 Å². The maximum atomic E-state index is 11.2. The molecular formula is C21H25N3O2. The van der Waals surface area contributed by atoms with E-state index in [0.29, 0.717) is 0 Å². The molecule has 26 heavy (non-hydrogen) atoms. The average molecular weight is 351 g/mol. The molecule has 3 rings (SSSR count). The van der Waals surface area contributed by atoms with Crippen molar-refractivity contribution in [2.75, 3.05) is 13.6 Å². The van der Waals surface area contributed by atoms with Gasteiger partial charge in [0.25, 0.3) is 0 Å². The van der Waals surface area contributed by atoms with E-state index < -0.39 is 5.97 Å². The molecule has 5 heteroatoms. The molecule has 0 amide bonds. The average Bonchev–Trinajstić information content (AvgIpc) is 2.99. The molecule has 136 valence electrons. The van der Waals surface area contributed by atoms with Crippen LogP contribution in [0.5, 0.6) is 0 Å². The molecule has 0 atom stereocenters. The van der Waals surface area contributed by atoms with E-state index in [1.165, 1.54) is 5.56 Å². The molecule has 0 saturated heterocycles. The van der Waals surface area contributed by atoms with Crippen molar-refractivity contribution < 1.29 is 9.90 Å². The predicted octanol–water partition coefficient (Wildman–Crippen LogP) is 3.82. The molecule has 1 N–H and O–H groups in total. The van der Waals surface area contributed by atoms with Crippen molar-refractivity contribution >= 4 is 17.0 Å². The highest BCUT2D eigenvalue weighted by Crippen LogP contribution is 2.19. The summed E-state index contributed by atoms with van der Waals surface area (Å²) in [5.74, 6) is 0.0929. The van der Waals surface area contributed by atoms with Gasteiger partial charge in [-0.25, -0.2) is 9.78 Å². The number of nitrogens with zero attached hydrogens (tertiary/aromatic N) is 3. The van der Waals surface area contributed by atoms with Crippen LogP contribution < -0.4 is 0 Å². The normalized spacial score (nSPS) is 11.3. The van der Waals surface area contributed by atoms with E-state index in [1.807, 2.05) is 12.1 Å². The number of benzene rings is 2. The highest BCUT2D eigenvalue weighted by molar-refractivity contribution is 5.92. The smallest absolute Gasteiger partial charge is 0.335 e. The number of rotatable bonds is 8. The van der Waals surface area contributed by atoms with Gasteiger partial charge in [-0.15, -0.1) is 0 Å². The highest BCUT2D eigenvalue weighted by atomic mass is 16.4. The molecule has 2 aromatic carbocycles. The third-order valence-electron chi connectivity index (χ3n) is 4.61. The number of carboxylic acids is 1. The van der Waals surface area contributed by atoms with Gasteiger partial charge in [-0.1, -0.05) is 37.3 Å².